The van der Waals surface area contributed by atoms with Crippen molar-refractivity contribution in [2.45, 2.75) is 38.3 Å². The van der Waals surface area contributed by atoms with E-state index < -0.39 is 0 Å². The van der Waals surface area contributed by atoms with Crippen LogP contribution in [0, 0.1) is 0 Å². The number of methoxy groups -OCH3 is 1. The largest absolute Gasteiger partial charge is 0.496 e. The summed E-state index contributed by atoms with van der Waals surface area (Å²) in [5, 5.41) is 12.7. The van der Waals surface area contributed by atoms with E-state index in [-0.39, 0.29) is 17.9 Å². The third kappa shape index (κ3) is 8.29. The number of rotatable bonds is 14. The summed E-state index contributed by atoms with van der Waals surface area (Å²) in [6, 6.07) is 19.3. The van der Waals surface area contributed by atoms with Crippen LogP contribution in [-0.2, 0) is 11.3 Å². The molecule has 264 valence electrons. The van der Waals surface area contributed by atoms with Crippen molar-refractivity contribution in [1.82, 2.24) is 19.4 Å². The number of fused-ring (bicyclic) bond motifs is 1. The second-order valence-corrected chi connectivity index (χ2v) is 13.5. The monoisotopic (exact) mass is 718 g/mol. The standard InChI is InChI=1S/C37H44Cl2N8O3/c1-4-50-21-20-47-34-9-6-5-8-32(34)41-37(47)46-16-7-15-45(18-19-46)17-14-28(26-10-12-30(38)31(39)23-26)25-44(2)36(48)29-22-27(11-13-35(29)49-3)33-24-40-43-42-33/h5-6,8-13,22-24,28,33H,4,7,14-21,25H2,1-3H3. The Balaban J connectivity index is 1.16. The molecule has 1 fully saturated rings. The molecule has 13 heteroatoms. The van der Waals surface area contributed by atoms with Crippen LogP contribution in [0.5, 0.6) is 5.75 Å². The predicted octanol–water partition coefficient (Wildman–Crippen LogP) is 7.34. The fourth-order valence-electron chi connectivity index (χ4n) is 6.74. The molecule has 11 nitrogen and oxygen atoms in total. The maximum atomic E-state index is 14.0. The molecule has 0 aliphatic carbocycles. The van der Waals surface area contributed by atoms with Crippen molar-refractivity contribution >= 4 is 52.3 Å². The molecule has 1 aromatic heterocycles. The van der Waals surface area contributed by atoms with E-state index in [1.807, 2.05) is 50.4 Å². The molecule has 0 spiro atoms. The van der Waals surface area contributed by atoms with Crippen LogP contribution < -0.4 is 9.64 Å². The van der Waals surface area contributed by atoms with Crippen molar-refractivity contribution in [3.8, 4) is 5.75 Å². The number of hydrogen-bond acceptors (Lipinski definition) is 9. The van der Waals surface area contributed by atoms with Crippen LogP contribution in [0.1, 0.15) is 53.2 Å². The summed E-state index contributed by atoms with van der Waals surface area (Å²) in [5.41, 5.74) is 4.48. The Hall–Kier alpha value is -4.03. The maximum Gasteiger partial charge on any atom is 0.257 e. The van der Waals surface area contributed by atoms with E-state index in [9.17, 15) is 4.79 Å². The molecule has 2 atom stereocenters. The number of likely N-dealkylation sites (N-methyl/N-ethyl adjacent to an activating group) is 1. The van der Waals surface area contributed by atoms with Crippen LogP contribution in [0.15, 0.2) is 76.1 Å². The number of carbonyl (C=O) groups is 1. The van der Waals surface area contributed by atoms with Gasteiger partial charge in [-0.25, -0.2) is 4.98 Å². The van der Waals surface area contributed by atoms with E-state index in [2.05, 4.69) is 48.0 Å². The molecule has 0 saturated carbocycles. The molecule has 3 heterocycles. The number of hydrogen-bond donors (Lipinski definition) is 0. The molecular weight excluding hydrogens is 675 g/mol. The second kappa shape index (κ2) is 16.8. The van der Waals surface area contributed by atoms with Gasteiger partial charge in [0.2, 0.25) is 5.95 Å². The number of anilines is 1. The fourth-order valence-corrected chi connectivity index (χ4v) is 7.05. The molecule has 0 N–H and O–H groups in total. The predicted molar refractivity (Wildman–Crippen MR) is 199 cm³/mol. The summed E-state index contributed by atoms with van der Waals surface area (Å²) in [4.78, 5) is 25.7. The van der Waals surface area contributed by atoms with Crippen molar-refractivity contribution in [2.75, 3.05) is 71.5 Å². The molecule has 0 bridgehead atoms. The lowest BCUT2D eigenvalue weighted by Crippen LogP contribution is -2.35. The molecule has 4 aromatic rings. The van der Waals surface area contributed by atoms with Gasteiger partial charge < -0.3 is 28.7 Å². The number of carbonyl (C=O) groups excluding carboxylic acids is 1. The molecule has 0 radical (unpaired) electrons. The van der Waals surface area contributed by atoms with Crippen molar-refractivity contribution in [3.05, 3.63) is 87.4 Å². The van der Waals surface area contributed by atoms with E-state index in [0.29, 0.717) is 41.1 Å². The summed E-state index contributed by atoms with van der Waals surface area (Å²) in [6.45, 7) is 9.16. The Labute approximate surface area is 303 Å². The van der Waals surface area contributed by atoms with Gasteiger partial charge in [0.15, 0.2) is 0 Å². The third-order valence-electron chi connectivity index (χ3n) is 9.45. The summed E-state index contributed by atoms with van der Waals surface area (Å²) < 4.78 is 13.6. The van der Waals surface area contributed by atoms with Crippen LogP contribution in [0.4, 0.5) is 5.95 Å². The lowest BCUT2D eigenvalue weighted by Gasteiger charge is -2.28. The number of ether oxygens (including phenoxy) is 2. The highest BCUT2D eigenvalue weighted by atomic mass is 35.5. The normalized spacial score (nSPS) is 17.0. The fraction of sp³-hybridized carbons (Fsp3) is 0.432. The number of aromatic nitrogens is 2. The zero-order chi connectivity index (χ0) is 35.0. The maximum absolute atomic E-state index is 14.0. The highest BCUT2D eigenvalue weighted by Crippen LogP contribution is 2.32. The van der Waals surface area contributed by atoms with E-state index >= 15 is 0 Å². The minimum absolute atomic E-state index is 0.0192. The Morgan fingerprint density at radius 3 is 2.66 bits per heavy atom. The van der Waals surface area contributed by atoms with Gasteiger partial charge in [0.25, 0.3) is 5.91 Å². The van der Waals surface area contributed by atoms with Crippen molar-refractivity contribution in [1.29, 1.82) is 0 Å². The van der Waals surface area contributed by atoms with Gasteiger partial charge in [0.1, 0.15) is 11.8 Å². The number of imidazole rings is 1. The van der Waals surface area contributed by atoms with E-state index in [0.717, 1.165) is 80.2 Å². The quantitative estimate of drug-likeness (QED) is 0.127. The molecule has 1 saturated heterocycles. The van der Waals surface area contributed by atoms with Crippen LogP contribution in [-0.4, -0.2) is 98.1 Å². The van der Waals surface area contributed by atoms with Crippen molar-refractivity contribution < 1.29 is 14.3 Å². The first kappa shape index (κ1) is 35.8. The van der Waals surface area contributed by atoms with Crippen molar-refractivity contribution in [2.24, 2.45) is 15.4 Å². The molecule has 2 aliphatic heterocycles. The number of halogens is 2. The van der Waals surface area contributed by atoms with E-state index in [1.165, 1.54) is 0 Å². The smallest absolute Gasteiger partial charge is 0.257 e. The van der Waals surface area contributed by atoms with E-state index in [1.54, 1.807) is 24.3 Å². The average molecular weight is 720 g/mol. The van der Waals surface area contributed by atoms with Gasteiger partial charge in [-0.15, -0.1) is 5.10 Å². The zero-order valence-electron chi connectivity index (χ0n) is 28.8. The summed E-state index contributed by atoms with van der Waals surface area (Å²) in [7, 11) is 3.40. The summed E-state index contributed by atoms with van der Waals surface area (Å²) in [5.74, 6) is 1.39. The highest BCUT2D eigenvalue weighted by Gasteiger charge is 2.26. The number of benzene rings is 3. The lowest BCUT2D eigenvalue weighted by molar-refractivity contribution is 0.0779. The molecule has 50 heavy (non-hydrogen) atoms. The second-order valence-electron chi connectivity index (χ2n) is 12.7. The SMILES string of the molecule is CCOCCn1c(N2CCCN(CCC(CN(C)C(=O)c3cc(C4C=NN=N4)ccc3OC)c3ccc(Cl)c(Cl)c3)CC2)nc2ccccc21. The lowest BCUT2D eigenvalue weighted by atomic mass is 9.94. The summed E-state index contributed by atoms with van der Waals surface area (Å²) >= 11 is 12.8. The molecule has 1 amide bonds. The number of amides is 1. The topological polar surface area (TPSA) is 100 Å². The van der Waals surface area contributed by atoms with Crippen LogP contribution >= 0.6 is 23.2 Å². The Morgan fingerprint density at radius 2 is 1.88 bits per heavy atom. The molecule has 2 aliphatic rings. The molecule has 2 unspecified atom stereocenters. The van der Waals surface area contributed by atoms with Gasteiger partial charge in [-0.1, -0.05) is 47.5 Å². The minimum atomic E-state index is -0.319. The highest BCUT2D eigenvalue weighted by molar-refractivity contribution is 6.42. The Kier molecular flexibility index (Phi) is 12.0. The molecule has 6 rings (SSSR count). The average Bonchev–Trinajstić information content (AvgIpc) is 3.74. The van der Waals surface area contributed by atoms with Gasteiger partial charge in [-0.2, -0.15) is 5.11 Å². The van der Waals surface area contributed by atoms with Crippen LogP contribution in [0.2, 0.25) is 10.0 Å². The first-order valence-corrected chi connectivity index (χ1v) is 17.9. The third-order valence-corrected chi connectivity index (χ3v) is 10.2. The molecule has 3 aromatic carbocycles. The first-order valence-electron chi connectivity index (χ1n) is 17.2. The van der Waals surface area contributed by atoms with Crippen molar-refractivity contribution in [3.63, 3.8) is 0 Å². The van der Waals surface area contributed by atoms with Gasteiger partial charge in [-0.3, -0.25) is 4.79 Å². The summed E-state index contributed by atoms with van der Waals surface area (Å²) in [6.07, 6.45) is 3.51. The van der Waals surface area contributed by atoms with Gasteiger partial charge in [0.05, 0.1) is 46.6 Å². The Morgan fingerprint density at radius 1 is 1.02 bits per heavy atom. The first-order chi connectivity index (χ1) is 24.4. The van der Waals surface area contributed by atoms with E-state index in [4.69, 9.17) is 37.7 Å². The minimum Gasteiger partial charge on any atom is -0.496 e. The van der Waals surface area contributed by atoms with Gasteiger partial charge in [0, 0.05) is 52.3 Å². The Bertz CT molecular complexity index is 1830. The number of nitrogens with zero attached hydrogens (tertiary/aromatic N) is 8. The number of para-hydroxylation sites is 2. The van der Waals surface area contributed by atoms with Gasteiger partial charge in [-0.05, 0) is 85.6 Å². The van der Waals surface area contributed by atoms with Crippen LogP contribution in [0.25, 0.3) is 11.0 Å². The molecular formula is C37H44Cl2N8O3. The zero-order valence-corrected chi connectivity index (χ0v) is 30.4. The van der Waals surface area contributed by atoms with Crippen LogP contribution in [0.3, 0.4) is 0 Å². The van der Waals surface area contributed by atoms with Gasteiger partial charge >= 0.3 is 0 Å².